The van der Waals surface area contributed by atoms with Gasteiger partial charge in [-0.15, -0.1) is 5.10 Å². The molecule has 0 saturated carbocycles. The van der Waals surface area contributed by atoms with Gasteiger partial charge in [0, 0.05) is 5.75 Å². The van der Waals surface area contributed by atoms with Crippen molar-refractivity contribution in [2.24, 2.45) is 0 Å². The van der Waals surface area contributed by atoms with Gasteiger partial charge in [0.2, 0.25) is 5.16 Å². The maximum Gasteiger partial charge on any atom is 0.209 e. The van der Waals surface area contributed by atoms with E-state index in [0.29, 0.717) is 6.54 Å². The molecule has 17 heavy (non-hydrogen) atoms. The summed E-state index contributed by atoms with van der Waals surface area (Å²) in [6.45, 7) is 4.47. The molecule has 2 aromatic rings. The third-order valence-corrected chi connectivity index (χ3v) is 3.73. The lowest BCUT2D eigenvalue weighted by atomic mass is 10.2. The van der Waals surface area contributed by atoms with Crippen molar-refractivity contribution in [1.29, 1.82) is 0 Å². The summed E-state index contributed by atoms with van der Waals surface area (Å²) in [4.78, 5) is 0. The number of halogens is 1. The molecule has 1 aromatic heterocycles. The van der Waals surface area contributed by atoms with Gasteiger partial charge in [-0.25, -0.2) is 4.68 Å². The minimum absolute atomic E-state index is 0.685. The number of aromatic nitrogens is 4. The van der Waals surface area contributed by atoms with Crippen LogP contribution in [0.15, 0.2) is 46.5 Å². The third-order valence-electron chi connectivity index (χ3n) is 2.03. The highest BCUT2D eigenvalue weighted by Gasteiger charge is 2.07. The summed E-state index contributed by atoms with van der Waals surface area (Å²) in [5, 5.41) is 12.5. The maximum absolute atomic E-state index is 3.99. The van der Waals surface area contributed by atoms with Gasteiger partial charge in [-0.1, -0.05) is 64.6 Å². The normalized spacial score (nSPS) is 10.4. The van der Waals surface area contributed by atoms with E-state index in [0.717, 1.165) is 15.4 Å². The quantitative estimate of drug-likeness (QED) is 0.796. The second-order valence-corrected chi connectivity index (χ2v) is 5.47. The number of hydrogen-bond acceptors (Lipinski definition) is 4. The van der Waals surface area contributed by atoms with E-state index in [1.54, 1.807) is 16.4 Å². The molecule has 2 rings (SSSR count). The highest BCUT2D eigenvalue weighted by Crippen LogP contribution is 2.19. The van der Waals surface area contributed by atoms with Crippen molar-refractivity contribution in [2.45, 2.75) is 11.7 Å². The van der Waals surface area contributed by atoms with Crippen LogP contribution in [0.1, 0.15) is 5.56 Å². The fourth-order valence-corrected chi connectivity index (χ4v) is 2.27. The molecule has 0 radical (unpaired) electrons. The molecular formula is C11H11BrN4S. The van der Waals surface area contributed by atoms with Crippen molar-refractivity contribution in [2.75, 3.05) is 5.75 Å². The molecule has 4 nitrogen and oxygen atoms in total. The number of rotatable bonds is 5. The standard InChI is InChI=1S/C11H11BrN4S/c1-9(12)8-17-11-13-14-15-16(11)7-10-5-3-2-4-6-10/h2-6H,1,7-8H2. The van der Waals surface area contributed by atoms with Gasteiger partial charge in [0.1, 0.15) is 0 Å². The smallest absolute Gasteiger partial charge is 0.209 e. The molecule has 0 N–H and O–H groups in total. The summed E-state index contributed by atoms with van der Waals surface area (Å²) in [5.74, 6) is 0.759. The van der Waals surface area contributed by atoms with Crippen LogP contribution in [0.25, 0.3) is 0 Å². The average Bonchev–Trinajstić information content (AvgIpc) is 2.75. The van der Waals surface area contributed by atoms with Gasteiger partial charge in [-0.05, 0) is 20.5 Å². The fourth-order valence-electron chi connectivity index (χ4n) is 1.30. The molecule has 1 heterocycles. The van der Waals surface area contributed by atoms with Crippen LogP contribution in [0.3, 0.4) is 0 Å². The van der Waals surface area contributed by atoms with Crippen molar-refractivity contribution >= 4 is 27.7 Å². The van der Waals surface area contributed by atoms with Crippen LogP contribution in [0.2, 0.25) is 0 Å². The zero-order valence-corrected chi connectivity index (χ0v) is 11.5. The summed E-state index contributed by atoms with van der Waals surface area (Å²) in [6.07, 6.45) is 0. The number of thioether (sulfide) groups is 1. The van der Waals surface area contributed by atoms with Crippen LogP contribution in [-0.4, -0.2) is 26.0 Å². The van der Waals surface area contributed by atoms with E-state index in [1.807, 2.05) is 18.2 Å². The van der Waals surface area contributed by atoms with Gasteiger partial charge in [0.05, 0.1) is 6.54 Å². The predicted octanol–water partition coefficient (Wildman–Crippen LogP) is 2.72. The zero-order chi connectivity index (χ0) is 12.1. The van der Waals surface area contributed by atoms with E-state index in [1.165, 1.54) is 5.56 Å². The molecular weight excluding hydrogens is 300 g/mol. The molecule has 0 amide bonds. The lowest BCUT2D eigenvalue weighted by Gasteiger charge is -2.03. The van der Waals surface area contributed by atoms with Crippen molar-refractivity contribution < 1.29 is 0 Å². The zero-order valence-electron chi connectivity index (χ0n) is 9.08. The number of hydrogen-bond donors (Lipinski definition) is 0. The molecule has 0 saturated heterocycles. The second-order valence-electron chi connectivity index (χ2n) is 3.41. The first-order valence-electron chi connectivity index (χ1n) is 5.02. The first-order valence-corrected chi connectivity index (χ1v) is 6.80. The Kier molecular flexibility index (Phi) is 4.33. The lowest BCUT2D eigenvalue weighted by Crippen LogP contribution is -2.03. The van der Waals surface area contributed by atoms with E-state index >= 15 is 0 Å². The molecule has 1 aromatic carbocycles. The van der Waals surface area contributed by atoms with Crippen molar-refractivity contribution in [3.63, 3.8) is 0 Å². The van der Waals surface area contributed by atoms with E-state index in [-0.39, 0.29) is 0 Å². The van der Waals surface area contributed by atoms with Gasteiger partial charge in [-0.3, -0.25) is 0 Å². The van der Waals surface area contributed by atoms with Gasteiger partial charge < -0.3 is 0 Å². The molecule has 0 aliphatic rings. The van der Waals surface area contributed by atoms with Crippen LogP contribution in [-0.2, 0) is 6.54 Å². The number of benzene rings is 1. The van der Waals surface area contributed by atoms with E-state index in [2.05, 4.69) is 50.2 Å². The second kappa shape index (κ2) is 5.97. The molecule has 0 unspecified atom stereocenters. The molecule has 0 spiro atoms. The van der Waals surface area contributed by atoms with E-state index in [4.69, 9.17) is 0 Å². The highest BCUT2D eigenvalue weighted by atomic mass is 79.9. The molecule has 0 atom stereocenters. The summed E-state index contributed by atoms with van der Waals surface area (Å²) in [5.41, 5.74) is 1.18. The summed E-state index contributed by atoms with van der Waals surface area (Å²) >= 11 is 4.88. The van der Waals surface area contributed by atoms with Crippen LogP contribution >= 0.6 is 27.7 Å². The summed E-state index contributed by atoms with van der Waals surface area (Å²) in [6, 6.07) is 10.1. The molecule has 88 valence electrons. The first kappa shape index (κ1) is 12.3. The Morgan fingerprint density at radius 1 is 1.35 bits per heavy atom. The molecule has 0 fully saturated rings. The van der Waals surface area contributed by atoms with Gasteiger partial charge in [0.15, 0.2) is 0 Å². The van der Waals surface area contributed by atoms with Crippen molar-refractivity contribution in [3.05, 3.63) is 47.0 Å². The monoisotopic (exact) mass is 310 g/mol. The van der Waals surface area contributed by atoms with Gasteiger partial charge in [0.25, 0.3) is 0 Å². The highest BCUT2D eigenvalue weighted by molar-refractivity contribution is 9.11. The Bertz CT molecular complexity index is 497. The van der Waals surface area contributed by atoms with Gasteiger partial charge in [-0.2, -0.15) is 0 Å². The minimum Gasteiger partial charge on any atom is -0.216 e. The van der Waals surface area contributed by atoms with Crippen molar-refractivity contribution in [1.82, 2.24) is 20.2 Å². The Balaban J connectivity index is 2.06. The topological polar surface area (TPSA) is 43.6 Å². The Morgan fingerprint density at radius 3 is 2.82 bits per heavy atom. The third kappa shape index (κ3) is 3.67. The van der Waals surface area contributed by atoms with Crippen LogP contribution in [0.5, 0.6) is 0 Å². The van der Waals surface area contributed by atoms with E-state index in [9.17, 15) is 0 Å². The average molecular weight is 311 g/mol. The molecule has 0 aliphatic heterocycles. The molecule has 0 bridgehead atoms. The van der Waals surface area contributed by atoms with Gasteiger partial charge >= 0.3 is 0 Å². The van der Waals surface area contributed by atoms with E-state index < -0.39 is 0 Å². The SMILES string of the molecule is C=C(Br)CSc1nnnn1Cc1ccccc1. The van der Waals surface area contributed by atoms with Crippen LogP contribution in [0, 0.1) is 0 Å². The molecule has 6 heteroatoms. The maximum atomic E-state index is 3.99. The number of nitrogens with zero attached hydrogens (tertiary/aromatic N) is 4. The number of tetrazole rings is 1. The Labute approximate surface area is 112 Å². The Morgan fingerprint density at radius 2 is 2.12 bits per heavy atom. The predicted molar refractivity (Wildman–Crippen MR) is 72.2 cm³/mol. The van der Waals surface area contributed by atoms with Crippen LogP contribution < -0.4 is 0 Å². The fraction of sp³-hybridized carbons (Fsp3) is 0.182. The largest absolute Gasteiger partial charge is 0.216 e. The Hall–Kier alpha value is -1.14. The lowest BCUT2D eigenvalue weighted by molar-refractivity contribution is 0.603. The van der Waals surface area contributed by atoms with Crippen molar-refractivity contribution in [3.8, 4) is 0 Å². The summed E-state index contributed by atoms with van der Waals surface area (Å²) < 4.78 is 2.72. The minimum atomic E-state index is 0.685. The summed E-state index contributed by atoms with van der Waals surface area (Å²) in [7, 11) is 0. The van der Waals surface area contributed by atoms with Crippen LogP contribution in [0.4, 0.5) is 0 Å². The first-order chi connectivity index (χ1) is 8.25. The molecule has 0 aliphatic carbocycles.